The van der Waals surface area contributed by atoms with Crippen molar-refractivity contribution in [2.45, 2.75) is 31.7 Å². The average molecular weight is 423 g/mol. The van der Waals surface area contributed by atoms with E-state index in [1.54, 1.807) is 12.1 Å². The molecule has 1 saturated carbocycles. The van der Waals surface area contributed by atoms with Gasteiger partial charge in [0.1, 0.15) is 11.6 Å². The van der Waals surface area contributed by atoms with Crippen LogP contribution in [-0.4, -0.2) is 25.8 Å². The van der Waals surface area contributed by atoms with Crippen LogP contribution in [0.2, 0.25) is 5.02 Å². The predicted molar refractivity (Wildman–Crippen MR) is 117 cm³/mol. The third-order valence-corrected chi connectivity index (χ3v) is 5.68. The number of nitrogens with two attached hydrogens (primary N) is 1. The fourth-order valence-electron chi connectivity index (χ4n) is 3.95. The molecule has 4 aromatic rings. The van der Waals surface area contributed by atoms with Crippen molar-refractivity contribution in [2.24, 2.45) is 0 Å². The van der Waals surface area contributed by atoms with Gasteiger partial charge in [0.2, 0.25) is 5.95 Å². The summed E-state index contributed by atoms with van der Waals surface area (Å²) >= 11 is 6.07. The van der Waals surface area contributed by atoms with Gasteiger partial charge in [0.25, 0.3) is 0 Å². The molecule has 30 heavy (non-hydrogen) atoms. The monoisotopic (exact) mass is 422 g/mol. The van der Waals surface area contributed by atoms with Crippen molar-refractivity contribution in [1.82, 2.24) is 19.7 Å². The van der Waals surface area contributed by atoms with Gasteiger partial charge in [-0.15, -0.1) is 5.10 Å². The molecule has 0 aliphatic heterocycles. The van der Waals surface area contributed by atoms with Crippen LogP contribution in [0.3, 0.4) is 0 Å². The molecule has 1 fully saturated rings. The van der Waals surface area contributed by atoms with E-state index in [0.717, 1.165) is 18.4 Å². The second kappa shape index (κ2) is 7.57. The third-order valence-electron chi connectivity index (χ3n) is 5.43. The molecule has 0 amide bonds. The Morgan fingerprint density at radius 3 is 2.57 bits per heavy atom. The predicted octanol–water partition coefficient (Wildman–Crippen LogP) is 5.21. The maximum Gasteiger partial charge on any atom is 0.225 e. The Labute approximate surface area is 177 Å². The largest absolute Gasteiger partial charge is 0.383 e. The van der Waals surface area contributed by atoms with E-state index in [1.165, 1.54) is 29.7 Å². The van der Waals surface area contributed by atoms with Gasteiger partial charge in [-0.1, -0.05) is 42.6 Å². The van der Waals surface area contributed by atoms with Gasteiger partial charge in [-0.3, -0.25) is 0 Å². The van der Waals surface area contributed by atoms with E-state index >= 15 is 0 Å². The van der Waals surface area contributed by atoms with Crippen molar-refractivity contribution in [3.05, 3.63) is 59.4 Å². The van der Waals surface area contributed by atoms with Crippen LogP contribution in [0.5, 0.6) is 0 Å². The smallest absolute Gasteiger partial charge is 0.225 e. The van der Waals surface area contributed by atoms with Crippen LogP contribution in [0.1, 0.15) is 25.7 Å². The number of rotatable bonds is 4. The van der Waals surface area contributed by atoms with E-state index in [0.29, 0.717) is 45.2 Å². The van der Waals surface area contributed by atoms with Crippen LogP contribution in [-0.2, 0) is 0 Å². The number of anilines is 2. The maximum absolute atomic E-state index is 13.8. The molecule has 152 valence electrons. The van der Waals surface area contributed by atoms with Crippen LogP contribution in [0.15, 0.2) is 48.5 Å². The van der Waals surface area contributed by atoms with Crippen molar-refractivity contribution in [2.75, 3.05) is 11.1 Å². The highest BCUT2D eigenvalue weighted by Crippen LogP contribution is 2.34. The summed E-state index contributed by atoms with van der Waals surface area (Å²) in [4.78, 5) is 9.39. The van der Waals surface area contributed by atoms with Crippen LogP contribution in [0, 0.1) is 5.82 Å². The zero-order valence-corrected chi connectivity index (χ0v) is 16.9. The standard InChI is InChI=1S/C22H20ClFN6/c23-14-10-8-13(9-11-14)19-18-20(25)30(17-7-3-4-15(24)12-17)29-21(18)28-22(27-19)26-16-5-1-2-6-16/h3-4,7-12,16H,1-2,5-6,25H2,(H,26,28,29). The summed E-state index contributed by atoms with van der Waals surface area (Å²) < 4.78 is 15.3. The lowest BCUT2D eigenvalue weighted by Gasteiger charge is -2.13. The summed E-state index contributed by atoms with van der Waals surface area (Å²) in [6.45, 7) is 0. The number of halogens is 2. The first kappa shape index (κ1) is 18.8. The molecular weight excluding hydrogens is 403 g/mol. The second-order valence-corrected chi connectivity index (χ2v) is 7.94. The molecule has 6 nitrogen and oxygen atoms in total. The Balaban J connectivity index is 1.70. The molecule has 2 aromatic carbocycles. The number of benzene rings is 2. The van der Waals surface area contributed by atoms with Gasteiger partial charge in [0.05, 0.1) is 16.8 Å². The van der Waals surface area contributed by atoms with Crippen LogP contribution in [0.4, 0.5) is 16.2 Å². The summed E-state index contributed by atoms with van der Waals surface area (Å²) in [7, 11) is 0. The first-order chi connectivity index (χ1) is 14.6. The van der Waals surface area contributed by atoms with Crippen molar-refractivity contribution in [3.8, 4) is 16.9 Å². The summed E-state index contributed by atoms with van der Waals surface area (Å²) in [6, 6.07) is 13.9. The van der Waals surface area contributed by atoms with Crippen molar-refractivity contribution < 1.29 is 4.39 Å². The van der Waals surface area contributed by atoms with E-state index in [2.05, 4.69) is 15.4 Å². The van der Waals surface area contributed by atoms with Crippen LogP contribution >= 0.6 is 11.6 Å². The van der Waals surface area contributed by atoms with Gasteiger partial charge < -0.3 is 11.1 Å². The van der Waals surface area contributed by atoms with Gasteiger partial charge in [0, 0.05) is 16.6 Å². The Bertz CT molecular complexity index is 1210. The zero-order valence-electron chi connectivity index (χ0n) is 16.1. The minimum atomic E-state index is -0.362. The number of fused-ring (bicyclic) bond motifs is 1. The van der Waals surface area contributed by atoms with E-state index in [9.17, 15) is 4.39 Å². The SMILES string of the molecule is Nc1c2c(-c3ccc(Cl)cc3)nc(NC3CCCC3)nc2nn1-c1cccc(F)c1. The Morgan fingerprint density at radius 2 is 1.83 bits per heavy atom. The first-order valence-electron chi connectivity index (χ1n) is 9.93. The molecule has 1 aliphatic rings. The fraction of sp³-hybridized carbons (Fsp3) is 0.227. The lowest BCUT2D eigenvalue weighted by atomic mass is 10.1. The van der Waals surface area contributed by atoms with Crippen LogP contribution in [0.25, 0.3) is 28.0 Å². The minimum absolute atomic E-state index is 0.350. The van der Waals surface area contributed by atoms with Crippen LogP contribution < -0.4 is 11.1 Å². The number of nitrogen functional groups attached to an aromatic ring is 1. The summed E-state index contributed by atoms with van der Waals surface area (Å²) in [6.07, 6.45) is 4.59. The highest BCUT2D eigenvalue weighted by molar-refractivity contribution is 6.30. The molecule has 0 bridgehead atoms. The summed E-state index contributed by atoms with van der Waals surface area (Å²) in [5.41, 5.74) is 8.95. The van der Waals surface area contributed by atoms with E-state index in [-0.39, 0.29) is 5.82 Å². The Morgan fingerprint density at radius 1 is 1.07 bits per heavy atom. The molecule has 8 heteroatoms. The van der Waals surface area contributed by atoms with E-state index in [1.807, 2.05) is 24.3 Å². The van der Waals surface area contributed by atoms with Gasteiger partial charge in [-0.25, -0.2) is 14.1 Å². The van der Waals surface area contributed by atoms with Crippen molar-refractivity contribution in [1.29, 1.82) is 0 Å². The van der Waals surface area contributed by atoms with Gasteiger partial charge in [0.15, 0.2) is 5.65 Å². The molecule has 0 saturated heterocycles. The van der Waals surface area contributed by atoms with E-state index < -0.39 is 0 Å². The van der Waals surface area contributed by atoms with Gasteiger partial charge >= 0.3 is 0 Å². The number of nitrogens with zero attached hydrogens (tertiary/aromatic N) is 4. The summed E-state index contributed by atoms with van der Waals surface area (Å²) in [5.74, 6) is 0.510. The topological polar surface area (TPSA) is 81.7 Å². The molecule has 0 unspecified atom stereocenters. The Hall–Kier alpha value is -3.19. The van der Waals surface area contributed by atoms with Gasteiger partial charge in [-0.05, 0) is 43.2 Å². The zero-order chi connectivity index (χ0) is 20.7. The Kier molecular flexibility index (Phi) is 4.75. The molecule has 1 aliphatic carbocycles. The number of hydrogen-bond acceptors (Lipinski definition) is 5. The highest BCUT2D eigenvalue weighted by atomic mass is 35.5. The highest BCUT2D eigenvalue weighted by Gasteiger charge is 2.21. The lowest BCUT2D eigenvalue weighted by molar-refractivity contribution is 0.625. The summed E-state index contributed by atoms with van der Waals surface area (Å²) in [5, 5.41) is 9.26. The molecule has 5 rings (SSSR count). The normalized spacial score (nSPS) is 14.5. The van der Waals surface area contributed by atoms with E-state index in [4.69, 9.17) is 22.3 Å². The average Bonchev–Trinajstić information content (AvgIpc) is 3.36. The third kappa shape index (κ3) is 3.45. The fourth-order valence-corrected chi connectivity index (χ4v) is 4.08. The molecule has 0 radical (unpaired) electrons. The number of aromatic nitrogens is 4. The molecule has 0 atom stereocenters. The molecule has 2 aromatic heterocycles. The molecule has 2 heterocycles. The van der Waals surface area contributed by atoms with Gasteiger partial charge in [-0.2, -0.15) is 4.98 Å². The maximum atomic E-state index is 13.8. The molecule has 0 spiro atoms. The van der Waals surface area contributed by atoms with Crippen molar-refractivity contribution in [3.63, 3.8) is 0 Å². The quantitative estimate of drug-likeness (QED) is 0.471. The second-order valence-electron chi connectivity index (χ2n) is 7.50. The minimum Gasteiger partial charge on any atom is -0.383 e. The number of nitrogens with one attached hydrogen (secondary N) is 1. The first-order valence-corrected chi connectivity index (χ1v) is 10.3. The number of hydrogen-bond donors (Lipinski definition) is 2. The molecular formula is C22H20ClFN6. The van der Waals surface area contributed by atoms with Crippen molar-refractivity contribution >= 4 is 34.4 Å². The lowest BCUT2D eigenvalue weighted by Crippen LogP contribution is -2.17. The molecule has 3 N–H and O–H groups in total.